The van der Waals surface area contributed by atoms with E-state index in [2.05, 4.69) is 17.4 Å². The van der Waals surface area contributed by atoms with Crippen molar-refractivity contribution in [1.29, 1.82) is 0 Å². The van der Waals surface area contributed by atoms with E-state index in [1.165, 1.54) is 10.5 Å². The Morgan fingerprint density at radius 3 is 2.41 bits per heavy atom. The van der Waals surface area contributed by atoms with Gasteiger partial charge in [-0.1, -0.05) is 42.5 Å². The molecule has 1 saturated heterocycles. The normalized spacial score (nSPS) is 14.4. The number of hydrogen-bond acceptors (Lipinski definition) is 5. The van der Waals surface area contributed by atoms with Crippen LogP contribution in [0.5, 0.6) is 0 Å². The molecule has 7 nitrogen and oxygen atoms in total. The van der Waals surface area contributed by atoms with E-state index in [9.17, 15) is 4.79 Å². The average molecular weight is 363 g/mol. The molecule has 27 heavy (non-hydrogen) atoms. The molecule has 2 N–H and O–H groups in total. The molecule has 2 aromatic carbocycles. The fraction of sp³-hybridized carbons (Fsp3) is 0.250. The Morgan fingerprint density at radius 1 is 0.963 bits per heavy atom. The van der Waals surface area contributed by atoms with Crippen LogP contribution in [-0.4, -0.2) is 52.2 Å². The number of nitrogens with zero attached hydrogens (tertiary/aromatic N) is 4. The van der Waals surface area contributed by atoms with Crippen molar-refractivity contribution in [2.75, 3.05) is 36.4 Å². The number of carbonyl (C=O) groups is 1. The Morgan fingerprint density at radius 2 is 1.67 bits per heavy atom. The predicted molar refractivity (Wildman–Crippen MR) is 105 cm³/mol. The zero-order valence-corrected chi connectivity index (χ0v) is 14.9. The van der Waals surface area contributed by atoms with Crippen LogP contribution >= 0.6 is 0 Å². The topological polar surface area (TPSA) is 81.6 Å². The maximum absolute atomic E-state index is 11.1. The van der Waals surface area contributed by atoms with Gasteiger partial charge in [-0.05, 0) is 17.7 Å². The summed E-state index contributed by atoms with van der Waals surface area (Å²) >= 11 is 0. The molecule has 0 unspecified atom stereocenters. The van der Waals surface area contributed by atoms with Crippen molar-refractivity contribution in [3.8, 4) is 0 Å². The van der Waals surface area contributed by atoms with Crippen LogP contribution in [-0.2, 0) is 6.54 Å². The van der Waals surface area contributed by atoms with Gasteiger partial charge in [-0.2, -0.15) is 4.98 Å². The molecule has 1 aliphatic rings. The number of aromatic nitrogens is 2. The molecule has 1 aliphatic heterocycles. The first-order valence-corrected chi connectivity index (χ1v) is 8.98. The van der Waals surface area contributed by atoms with E-state index in [1.54, 1.807) is 0 Å². The molecular weight excluding hydrogens is 342 g/mol. The summed E-state index contributed by atoms with van der Waals surface area (Å²) in [5, 5.41) is 13.5. The van der Waals surface area contributed by atoms with Gasteiger partial charge in [0.1, 0.15) is 5.82 Å². The van der Waals surface area contributed by atoms with Crippen LogP contribution in [0.25, 0.3) is 10.9 Å². The number of amides is 1. The van der Waals surface area contributed by atoms with Gasteiger partial charge in [-0.25, -0.2) is 9.78 Å². The summed E-state index contributed by atoms with van der Waals surface area (Å²) in [6, 6.07) is 18.1. The van der Waals surface area contributed by atoms with Gasteiger partial charge in [0.05, 0.1) is 5.52 Å². The predicted octanol–water partition coefficient (Wildman–Crippen LogP) is 3.04. The summed E-state index contributed by atoms with van der Waals surface area (Å²) in [5.41, 5.74) is 2.05. The van der Waals surface area contributed by atoms with E-state index in [1.807, 2.05) is 47.4 Å². The highest BCUT2D eigenvalue weighted by Gasteiger charge is 2.22. The number of benzene rings is 2. The van der Waals surface area contributed by atoms with Crippen LogP contribution in [0.3, 0.4) is 0 Å². The van der Waals surface area contributed by atoms with E-state index in [0.29, 0.717) is 38.7 Å². The fourth-order valence-corrected chi connectivity index (χ4v) is 3.22. The maximum Gasteiger partial charge on any atom is 0.407 e. The molecule has 1 amide bonds. The molecule has 1 fully saturated rings. The summed E-state index contributed by atoms with van der Waals surface area (Å²) < 4.78 is 0. The molecule has 0 aliphatic carbocycles. The number of para-hydroxylation sites is 1. The Hall–Kier alpha value is -3.35. The third kappa shape index (κ3) is 3.76. The first-order valence-electron chi connectivity index (χ1n) is 8.98. The molecule has 0 bridgehead atoms. The molecule has 3 aromatic rings. The number of fused-ring (bicyclic) bond motifs is 1. The molecular formula is C20H21N5O2. The van der Waals surface area contributed by atoms with E-state index in [4.69, 9.17) is 15.1 Å². The van der Waals surface area contributed by atoms with Crippen molar-refractivity contribution in [2.45, 2.75) is 6.54 Å². The summed E-state index contributed by atoms with van der Waals surface area (Å²) in [6.07, 6.45) is -0.876. The van der Waals surface area contributed by atoms with Gasteiger partial charge < -0.3 is 20.2 Å². The molecule has 0 atom stereocenters. The largest absolute Gasteiger partial charge is 0.465 e. The zero-order valence-electron chi connectivity index (χ0n) is 14.9. The summed E-state index contributed by atoms with van der Waals surface area (Å²) in [7, 11) is 0. The lowest BCUT2D eigenvalue weighted by Crippen LogP contribution is -2.48. The minimum absolute atomic E-state index is 0.457. The van der Waals surface area contributed by atoms with Crippen molar-refractivity contribution in [3.05, 3.63) is 60.2 Å². The first-order chi connectivity index (χ1) is 13.2. The van der Waals surface area contributed by atoms with Gasteiger partial charge in [-0.15, -0.1) is 0 Å². The second-order valence-electron chi connectivity index (χ2n) is 6.49. The number of rotatable bonds is 4. The number of hydrogen-bond donors (Lipinski definition) is 2. The second-order valence-corrected chi connectivity index (χ2v) is 6.49. The second kappa shape index (κ2) is 7.49. The zero-order chi connectivity index (χ0) is 18.6. The first kappa shape index (κ1) is 17.1. The summed E-state index contributed by atoms with van der Waals surface area (Å²) in [5.74, 6) is 1.43. The van der Waals surface area contributed by atoms with Crippen LogP contribution < -0.4 is 10.2 Å². The lowest BCUT2D eigenvalue weighted by molar-refractivity contribution is 0.142. The summed E-state index contributed by atoms with van der Waals surface area (Å²) in [4.78, 5) is 24.0. The van der Waals surface area contributed by atoms with Gasteiger partial charge in [0.2, 0.25) is 5.95 Å². The number of piperazine rings is 1. The molecule has 0 spiro atoms. The Labute approximate surface area is 157 Å². The van der Waals surface area contributed by atoms with Crippen LogP contribution in [0.4, 0.5) is 16.6 Å². The highest BCUT2D eigenvalue weighted by atomic mass is 16.4. The molecule has 7 heteroatoms. The molecule has 1 aromatic heterocycles. The maximum atomic E-state index is 11.1. The molecule has 138 valence electrons. The van der Waals surface area contributed by atoms with Crippen molar-refractivity contribution in [2.24, 2.45) is 0 Å². The van der Waals surface area contributed by atoms with E-state index in [0.717, 1.165) is 16.7 Å². The smallest absolute Gasteiger partial charge is 0.407 e. The van der Waals surface area contributed by atoms with Crippen LogP contribution in [0.15, 0.2) is 54.6 Å². The van der Waals surface area contributed by atoms with Gasteiger partial charge in [0, 0.05) is 38.1 Å². The van der Waals surface area contributed by atoms with Crippen LogP contribution in [0.2, 0.25) is 0 Å². The standard InChI is InChI=1S/C20H21N5O2/c26-20(27)25-12-10-24(11-13-25)19-22-17-9-5-4-8-16(17)18(23-19)21-14-15-6-2-1-3-7-15/h1-9H,10-14H2,(H,26,27)(H,21,22,23). The van der Waals surface area contributed by atoms with Crippen molar-refractivity contribution in [3.63, 3.8) is 0 Å². The molecule has 0 saturated carbocycles. The number of carboxylic acid groups (broad SMARTS) is 1. The van der Waals surface area contributed by atoms with Crippen molar-refractivity contribution < 1.29 is 9.90 Å². The Kier molecular flexibility index (Phi) is 4.74. The van der Waals surface area contributed by atoms with Crippen LogP contribution in [0.1, 0.15) is 5.56 Å². The molecule has 4 rings (SSSR count). The van der Waals surface area contributed by atoms with Crippen molar-refractivity contribution >= 4 is 28.8 Å². The SMILES string of the molecule is O=C(O)N1CCN(c2nc(NCc3ccccc3)c3ccccc3n2)CC1. The minimum Gasteiger partial charge on any atom is -0.465 e. The highest BCUT2D eigenvalue weighted by Crippen LogP contribution is 2.24. The highest BCUT2D eigenvalue weighted by molar-refractivity contribution is 5.90. The van der Waals surface area contributed by atoms with E-state index in [-0.39, 0.29) is 0 Å². The molecule has 0 radical (unpaired) electrons. The summed E-state index contributed by atoms with van der Waals surface area (Å²) in [6.45, 7) is 2.76. The van der Waals surface area contributed by atoms with E-state index < -0.39 is 6.09 Å². The third-order valence-corrected chi connectivity index (χ3v) is 4.73. The lowest BCUT2D eigenvalue weighted by Gasteiger charge is -2.33. The van der Waals surface area contributed by atoms with Gasteiger partial charge >= 0.3 is 6.09 Å². The third-order valence-electron chi connectivity index (χ3n) is 4.73. The average Bonchev–Trinajstić information content (AvgIpc) is 2.72. The fourth-order valence-electron chi connectivity index (χ4n) is 3.22. The van der Waals surface area contributed by atoms with Gasteiger partial charge in [0.25, 0.3) is 0 Å². The lowest BCUT2D eigenvalue weighted by atomic mass is 10.2. The van der Waals surface area contributed by atoms with E-state index >= 15 is 0 Å². The quantitative estimate of drug-likeness (QED) is 0.741. The Balaban J connectivity index is 1.60. The van der Waals surface area contributed by atoms with Gasteiger partial charge in [-0.3, -0.25) is 0 Å². The van der Waals surface area contributed by atoms with Crippen molar-refractivity contribution in [1.82, 2.24) is 14.9 Å². The number of nitrogens with one attached hydrogen (secondary N) is 1. The Bertz CT molecular complexity index is 940. The minimum atomic E-state index is -0.876. The van der Waals surface area contributed by atoms with Crippen LogP contribution in [0, 0.1) is 0 Å². The monoisotopic (exact) mass is 363 g/mol. The van der Waals surface area contributed by atoms with Gasteiger partial charge in [0.15, 0.2) is 0 Å². The molecule has 2 heterocycles. The number of anilines is 2.